The minimum Gasteiger partial charge on any atom is -0.469 e. The number of hydrogen-bond acceptors (Lipinski definition) is 4. The predicted octanol–water partition coefficient (Wildman–Crippen LogP) is 2.51. The molecule has 1 aromatic rings. The van der Waals surface area contributed by atoms with Crippen molar-refractivity contribution in [2.75, 3.05) is 13.7 Å². The van der Waals surface area contributed by atoms with Crippen LogP contribution in [-0.4, -0.2) is 25.7 Å². The Morgan fingerprint density at radius 1 is 1.11 bits per heavy atom. The van der Waals surface area contributed by atoms with Gasteiger partial charge >= 0.3 is 12.1 Å². The number of benzene rings is 1. The monoisotopic (exact) mass is 265 g/mol. The fourth-order valence-electron chi connectivity index (χ4n) is 1.50. The van der Waals surface area contributed by atoms with Crippen LogP contribution >= 0.6 is 0 Å². The zero-order chi connectivity index (χ0) is 13.9. The van der Waals surface area contributed by atoms with Gasteiger partial charge in [-0.2, -0.15) is 0 Å². The first kappa shape index (κ1) is 15.0. The highest BCUT2D eigenvalue weighted by molar-refractivity contribution is 5.70. The van der Waals surface area contributed by atoms with E-state index in [4.69, 9.17) is 4.74 Å². The summed E-state index contributed by atoms with van der Waals surface area (Å²) in [4.78, 5) is 22.2. The number of ether oxygens (including phenoxy) is 2. The summed E-state index contributed by atoms with van der Waals surface area (Å²) in [6.07, 6.45) is 2.40. The Morgan fingerprint density at radius 3 is 2.53 bits per heavy atom. The highest BCUT2D eigenvalue weighted by atomic mass is 16.6. The number of unbranched alkanes of at least 4 members (excludes halogenated alkanes) is 2. The first-order chi connectivity index (χ1) is 9.22. The molecule has 0 bridgehead atoms. The van der Waals surface area contributed by atoms with E-state index >= 15 is 0 Å². The van der Waals surface area contributed by atoms with Crippen molar-refractivity contribution in [2.45, 2.75) is 25.7 Å². The summed E-state index contributed by atoms with van der Waals surface area (Å²) < 4.78 is 9.59. The van der Waals surface area contributed by atoms with Crippen molar-refractivity contribution in [1.82, 2.24) is 5.32 Å². The van der Waals surface area contributed by atoms with Crippen molar-refractivity contribution < 1.29 is 19.1 Å². The summed E-state index contributed by atoms with van der Waals surface area (Å²) in [6, 6.07) is 8.89. The van der Waals surface area contributed by atoms with Crippen LogP contribution in [0.25, 0.3) is 0 Å². The van der Waals surface area contributed by atoms with Gasteiger partial charge in [-0.25, -0.2) is 4.79 Å². The summed E-state index contributed by atoms with van der Waals surface area (Å²) in [5.74, 6) is 0.321. The number of amides is 1. The number of hydrogen-bond donors (Lipinski definition) is 1. The van der Waals surface area contributed by atoms with Crippen LogP contribution in [0.2, 0.25) is 0 Å². The average Bonchev–Trinajstić information content (AvgIpc) is 2.43. The first-order valence-electron chi connectivity index (χ1n) is 6.30. The summed E-state index contributed by atoms with van der Waals surface area (Å²) in [7, 11) is 1.38. The third-order valence-electron chi connectivity index (χ3n) is 2.51. The molecule has 0 aromatic heterocycles. The van der Waals surface area contributed by atoms with Gasteiger partial charge in [0, 0.05) is 13.0 Å². The van der Waals surface area contributed by atoms with E-state index in [1.165, 1.54) is 7.11 Å². The van der Waals surface area contributed by atoms with Gasteiger partial charge in [-0.15, -0.1) is 0 Å². The van der Waals surface area contributed by atoms with Gasteiger partial charge in [0.15, 0.2) is 0 Å². The minimum atomic E-state index is -0.459. The Bertz CT molecular complexity index is 392. The van der Waals surface area contributed by atoms with Gasteiger partial charge in [0.05, 0.1) is 7.11 Å². The molecule has 0 aliphatic rings. The van der Waals surface area contributed by atoms with Gasteiger partial charge in [-0.05, 0) is 25.0 Å². The highest BCUT2D eigenvalue weighted by Gasteiger charge is 2.03. The number of para-hydroxylation sites is 1. The van der Waals surface area contributed by atoms with Crippen LogP contribution in [0.3, 0.4) is 0 Å². The van der Waals surface area contributed by atoms with Crippen LogP contribution < -0.4 is 10.1 Å². The van der Waals surface area contributed by atoms with E-state index in [2.05, 4.69) is 10.1 Å². The number of methoxy groups -OCH3 is 1. The Hall–Kier alpha value is -2.04. The normalized spacial score (nSPS) is 9.74. The number of carbonyl (C=O) groups excluding carboxylic acids is 2. The average molecular weight is 265 g/mol. The van der Waals surface area contributed by atoms with Crippen molar-refractivity contribution in [2.24, 2.45) is 0 Å². The van der Waals surface area contributed by atoms with Crippen LogP contribution in [0.4, 0.5) is 4.79 Å². The Labute approximate surface area is 112 Å². The maximum atomic E-state index is 11.4. The van der Waals surface area contributed by atoms with E-state index in [9.17, 15) is 9.59 Å². The number of nitrogens with one attached hydrogen (secondary N) is 1. The number of rotatable bonds is 7. The molecule has 1 rings (SSSR count). The maximum Gasteiger partial charge on any atom is 0.412 e. The molecule has 1 N–H and O–H groups in total. The molecule has 0 atom stereocenters. The molecule has 104 valence electrons. The van der Waals surface area contributed by atoms with Gasteiger partial charge < -0.3 is 14.8 Å². The smallest absolute Gasteiger partial charge is 0.412 e. The lowest BCUT2D eigenvalue weighted by molar-refractivity contribution is -0.140. The van der Waals surface area contributed by atoms with Crippen molar-refractivity contribution in [3.63, 3.8) is 0 Å². The second-order valence-corrected chi connectivity index (χ2v) is 4.02. The summed E-state index contributed by atoms with van der Waals surface area (Å²) in [6.45, 7) is 0.535. The summed E-state index contributed by atoms with van der Waals surface area (Å²) in [5.41, 5.74) is 0. The molecule has 0 heterocycles. The summed E-state index contributed by atoms with van der Waals surface area (Å²) >= 11 is 0. The zero-order valence-corrected chi connectivity index (χ0v) is 11.1. The lowest BCUT2D eigenvalue weighted by Gasteiger charge is -2.06. The third kappa shape index (κ3) is 7.08. The van der Waals surface area contributed by atoms with E-state index in [0.29, 0.717) is 18.7 Å². The standard InChI is InChI=1S/C14H19NO4/c1-18-13(16)10-6-3-7-11-15-14(17)19-12-8-4-2-5-9-12/h2,4-5,8-9H,3,6-7,10-11H2,1H3,(H,15,17). The largest absolute Gasteiger partial charge is 0.469 e. The fourth-order valence-corrected chi connectivity index (χ4v) is 1.50. The molecule has 0 aliphatic carbocycles. The molecule has 0 unspecified atom stereocenters. The third-order valence-corrected chi connectivity index (χ3v) is 2.51. The van der Waals surface area contributed by atoms with Crippen LogP contribution in [0.15, 0.2) is 30.3 Å². The van der Waals surface area contributed by atoms with E-state index in [0.717, 1.165) is 19.3 Å². The van der Waals surface area contributed by atoms with E-state index in [-0.39, 0.29) is 5.97 Å². The lowest BCUT2D eigenvalue weighted by atomic mass is 10.2. The SMILES string of the molecule is COC(=O)CCCCCNC(=O)Oc1ccccc1. The van der Waals surface area contributed by atoms with Crippen molar-refractivity contribution >= 4 is 12.1 Å². The molecule has 0 saturated heterocycles. The van der Waals surface area contributed by atoms with Crippen LogP contribution in [0.1, 0.15) is 25.7 Å². The maximum absolute atomic E-state index is 11.4. The number of carbonyl (C=O) groups is 2. The molecule has 0 fully saturated rings. The van der Waals surface area contributed by atoms with E-state index < -0.39 is 6.09 Å². The van der Waals surface area contributed by atoms with Crippen molar-refractivity contribution in [3.8, 4) is 5.75 Å². The first-order valence-corrected chi connectivity index (χ1v) is 6.30. The number of esters is 1. The predicted molar refractivity (Wildman–Crippen MR) is 71.0 cm³/mol. The molecule has 1 aromatic carbocycles. The van der Waals surface area contributed by atoms with Gasteiger partial charge in [-0.3, -0.25) is 4.79 Å². The van der Waals surface area contributed by atoms with Gasteiger partial charge in [0.25, 0.3) is 0 Å². The molecule has 5 heteroatoms. The quantitative estimate of drug-likeness (QED) is 0.607. The molecule has 5 nitrogen and oxygen atoms in total. The van der Waals surface area contributed by atoms with E-state index in [1.54, 1.807) is 24.3 Å². The van der Waals surface area contributed by atoms with Gasteiger partial charge in [0.1, 0.15) is 5.75 Å². The Morgan fingerprint density at radius 2 is 1.84 bits per heavy atom. The molecule has 0 spiro atoms. The molecule has 1 amide bonds. The molecule has 19 heavy (non-hydrogen) atoms. The van der Waals surface area contributed by atoms with Gasteiger partial charge in [0.2, 0.25) is 0 Å². The molecular weight excluding hydrogens is 246 g/mol. The topological polar surface area (TPSA) is 64.6 Å². The summed E-state index contributed by atoms with van der Waals surface area (Å²) in [5, 5.41) is 2.66. The van der Waals surface area contributed by atoms with Crippen LogP contribution in [0, 0.1) is 0 Å². The molecule has 0 aliphatic heterocycles. The minimum absolute atomic E-state index is 0.198. The second-order valence-electron chi connectivity index (χ2n) is 4.02. The Balaban J connectivity index is 2.03. The molecule has 0 saturated carbocycles. The zero-order valence-electron chi connectivity index (χ0n) is 11.1. The second kappa shape index (κ2) is 8.97. The molecule has 0 radical (unpaired) electrons. The van der Waals surface area contributed by atoms with E-state index in [1.807, 2.05) is 6.07 Å². The molecular formula is C14H19NO4. The van der Waals surface area contributed by atoms with Crippen LogP contribution in [-0.2, 0) is 9.53 Å². The lowest BCUT2D eigenvalue weighted by Crippen LogP contribution is -2.27. The Kier molecular flexibility index (Phi) is 7.09. The fraction of sp³-hybridized carbons (Fsp3) is 0.429. The highest BCUT2D eigenvalue weighted by Crippen LogP contribution is 2.08. The van der Waals surface area contributed by atoms with Crippen LogP contribution in [0.5, 0.6) is 5.75 Å². The van der Waals surface area contributed by atoms with Gasteiger partial charge in [-0.1, -0.05) is 24.6 Å². The van der Waals surface area contributed by atoms with Crippen molar-refractivity contribution in [3.05, 3.63) is 30.3 Å². The van der Waals surface area contributed by atoms with Crippen molar-refractivity contribution in [1.29, 1.82) is 0 Å².